The van der Waals surface area contributed by atoms with Crippen molar-refractivity contribution in [3.8, 4) is 6.07 Å². The number of carbonyl (C=O) groups is 2. The van der Waals surface area contributed by atoms with Gasteiger partial charge in [-0.15, -0.1) is 0 Å². The van der Waals surface area contributed by atoms with Crippen LogP contribution in [0.15, 0.2) is 48.0 Å². The highest BCUT2D eigenvalue weighted by Gasteiger charge is 2.11. The second-order valence-electron chi connectivity index (χ2n) is 5.06. The summed E-state index contributed by atoms with van der Waals surface area (Å²) in [7, 11) is 0. The minimum Gasteiger partial charge on any atom is -0.326 e. The fourth-order valence-electron chi connectivity index (χ4n) is 1.95. The Bertz CT molecular complexity index is 886. The van der Waals surface area contributed by atoms with E-state index in [-0.39, 0.29) is 22.2 Å². The Labute approximate surface area is 148 Å². The lowest BCUT2D eigenvalue weighted by molar-refractivity contribution is -0.114. The standard InChI is InChI=1S/C18H13ClFN3O2/c1-11(24)22-14-4-2-12(3-5-14)8-13(10-21)18(25)23-15-6-7-17(20)16(19)9-15/h2-9H,1H3,(H,22,24)(H,23,25)/b13-8+. The number of nitrogens with one attached hydrogen (secondary N) is 2. The zero-order valence-corrected chi connectivity index (χ0v) is 13.9. The highest BCUT2D eigenvalue weighted by atomic mass is 35.5. The van der Waals surface area contributed by atoms with E-state index in [0.29, 0.717) is 11.3 Å². The van der Waals surface area contributed by atoms with Crippen LogP contribution in [0.25, 0.3) is 6.08 Å². The van der Waals surface area contributed by atoms with Crippen molar-refractivity contribution < 1.29 is 14.0 Å². The van der Waals surface area contributed by atoms with Crippen molar-refractivity contribution in [2.45, 2.75) is 6.92 Å². The summed E-state index contributed by atoms with van der Waals surface area (Å²) in [5.74, 6) is -1.44. The van der Waals surface area contributed by atoms with E-state index < -0.39 is 11.7 Å². The van der Waals surface area contributed by atoms with Gasteiger partial charge < -0.3 is 10.6 Å². The summed E-state index contributed by atoms with van der Waals surface area (Å²) in [5.41, 5.74) is 1.36. The van der Waals surface area contributed by atoms with Gasteiger partial charge in [-0.3, -0.25) is 9.59 Å². The highest BCUT2D eigenvalue weighted by Crippen LogP contribution is 2.20. The van der Waals surface area contributed by atoms with Crippen LogP contribution < -0.4 is 10.6 Å². The monoisotopic (exact) mass is 357 g/mol. The van der Waals surface area contributed by atoms with Gasteiger partial charge in [0, 0.05) is 18.3 Å². The van der Waals surface area contributed by atoms with Crippen LogP contribution in [0.2, 0.25) is 5.02 Å². The molecule has 0 aliphatic carbocycles. The van der Waals surface area contributed by atoms with Gasteiger partial charge in [-0.1, -0.05) is 23.7 Å². The van der Waals surface area contributed by atoms with Crippen LogP contribution in [-0.4, -0.2) is 11.8 Å². The maximum Gasteiger partial charge on any atom is 0.266 e. The van der Waals surface area contributed by atoms with Crippen molar-refractivity contribution in [2.75, 3.05) is 10.6 Å². The van der Waals surface area contributed by atoms with Crippen LogP contribution in [0.5, 0.6) is 0 Å². The summed E-state index contributed by atoms with van der Waals surface area (Å²) in [6.07, 6.45) is 1.40. The summed E-state index contributed by atoms with van der Waals surface area (Å²) >= 11 is 5.66. The number of carbonyl (C=O) groups excluding carboxylic acids is 2. The van der Waals surface area contributed by atoms with Crippen molar-refractivity contribution in [3.63, 3.8) is 0 Å². The average Bonchev–Trinajstić information content (AvgIpc) is 2.57. The number of nitriles is 1. The SMILES string of the molecule is CC(=O)Nc1ccc(/C=C(\C#N)C(=O)Nc2ccc(F)c(Cl)c2)cc1. The van der Waals surface area contributed by atoms with Gasteiger partial charge >= 0.3 is 0 Å². The van der Waals surface area contributed by atoms with Crippen LogP contribution in [-0.2, 0) is 9.59 Å². The van der Waals surface area contributed by atoms with Gasteiger partial charge in [0.1, 0.15) is 17.5 Å². The third-order valence-corrected chi connectivity index (χ3v) is 3.37. The van der Waals surface area contributed by atoms with Crippen molar-refractivity contribution in [1.82, 2.24) is 0 Å². The predicted octanol–water partition coefficient (Wildman–Crippen LogP) is 3.98. The van der Waals surface area contributed by atoms with Gasteiger partial charge in [-0.25, -0.2) is 4.39 Å². The second-order valence-corrected chi connectivity index (χ2v) is 5.46. The van der Waals surface area contributed by atoms with Crippen LogP contribution in [0.1, 0.15) is 12.5 Å². The Morgan fingerprint density at radius 1 is 1.12 bits per heavy atom. The van der Waals surface area contributed by atoms with Crippen LogP contribution in [0, 0.1) is 17.1 Å². The minimum atomic E-state index is -0.642. The third kappa shape index (κ3) is 5.16. The molecule has 0 spiro atoms. The average molecular weight is 358 g/mol. The first kappa shape index (κ1) is 18.2. The summed E-state index contributed by atoms with van der Waals surface area (Å²) in [6, 6.07) is 12.2. The molecule has 2 aromatic rings. The summed E-state index contributed by atoms with van der Waals surface area (Å²) in [5, 5.41) is 14.2. The molecule has 0 aromatic heterocycles. The molecule has 7 heteroatoms. The molecule has 0 atom stereocenters. The van der Waals surface area contributed by atoms with Crippen LogP contribution in [0.4, 0.5) is 15.8 Å². The first-order valence-electron chi connectivity index (χ1n) is 7.15. The molecule has 0 saturated carbocycles. The number of benzene rings is 2. The molecule has 2 N–H and O–H groups in total. The van der Waals surface area contributed by atoms with E-state index in [1.165, 1.54) is 25.1 Å². The number of anilines is 2. The Morgan fingerprint density at radius 3 is 2.32 bits per heavy atom. The normalized spacial score (nSPS) is 10.7. The molecule has 2 aromatic carbocycles. The highest BCUT2D eigenvalue weighted by molar-refractivity contribution is 6.31. The molecule has 126 valence electrons. The van der Waals surface area contributed by atoms with Crippen molar-refractivity contribution in [3.05, 3.63) is 64.4 Å². The van der Waals surface area contributed by atoms with E-state index in [1.807, 2.05) is 6.07 Å². The van der Waals surface area contributed by atoms with Gasteiger partial charge in [0.05, 0.1) is 5.02 Å². The van der Waals surface area contributed by atoms with Gasteiger partial charge in [0.2, 0.25) is 5.91 Å². The number of hydrogen-bond donors (Lipinski definition) is 2. The molecule has 0 aliphatic heterocycles. The Balaban J connectivity index is 2.15. The maximum absolute atomic E-state index is 13.1. The van der Waals surface area contributed by atoms with E-state index >= 15 is 0 Å². The van der Waals surface area contributed by atoms with Crippen molar-refractivity contribution >= 4 is 40.9 Å². The molecule has 2 rings (SSSR count). The van der Waals surface area contributed by atoms with Gasteiger partial charge in [0.15, 0.2) is 0 Å². The Kier molecular flexibility index (Phi) is 5.88. The zero-order valence-electron chi connectivity index (χ0n) is 13.1. The maximum atomic E-state index is 13.1. The molecule has 0 bridgehead atoms. The zero-order chi connectivity index (χ0) is 18.4. The lowest BCUT2D eigenvalue weighted by Gasteiger charge is -2.06. The largest absolute Gasteiger partial charge is 0.326 e. The van der Waals surface area contributed by atoms with Crippen LogP contribution >= 0.6 is 11.6 Å². The molecule has 0 saturated heterocycles. The van der Waals surface area contributed by atoms with Crippen molar-refractivity contribution in [2.24, 2.45) is 0 Å². The molecule has 0 radical (unpaired) electrons. The molecular formula is C18H13ClFN3O2. The fraction of sp³-hybridized carbons (Fsp3) is 0.0556. The van der Waals surface area contributed by atoms with E-state index in [1.54, 1.807) is 24.3 Å². The topological polar surface area (TPSA) is 82.0 Å². The number of rotatable bonds is 4. The molecule has 5 nitrogen and oxygen atoms in total. The Morgan fingerprint density at radius 2 is 1.76 bits per heavy atom. The van der Waals surface area contributed by atoms with E-state index in [4.69, 9.17) is 11.6 Å². The minimum absolute atomic E-state index is 0.131. The lowest BCUT2D eigenvalue weighted by atomic mass is 10.1. The van der Waals surface area contributed by atoms with Crippen molar-refractivity contribution in [1.29, 1.82) is 5.26 Å². The molecule has 0 heterocycles. The van der Waals surface area contributed by atoms with Gasteiger partial charge in [-0.2, -0.15) is 5.26 Å². The third-order valence-electron chi connectivity index (χ3n) is 3.08. The second kappa shape index (κ2) is 8.08. The van der Waals surface area contributed by atoms with E-state index in [0.717, 1.165) is 6.07 Å². The lowest BCUT2D eigenvalue weighted by Crippen LogP contribution is -2.13. The van der Waals surface area contributed by atoms with E-state index in [9.17, 15) is 19.2 Å². The first-order chi connectivity index (χ1) is 11.9. The fourth-order valence-corrected chi connectivity index (χ4v) is 2.13. The predicted molar refractivity (Wildman–Crippen MR) is 94.4 cm³/mol. The summed E-state index contributed by atoms with van der Waals surface area (Å²) < 4.78 is 13.1. The first-order valence-corrected chi connectivity index (χ1v) is 7.52. The molecule has 25 heavy (non-hydrogen) atoms. The number of nitrogens with zero attached hydrogens (tertiary/aromatic N) is 1. The Hall–Kier alpha value is -3.17. The molecule has 2 amide bonds. The number of amides is 2. The smallest absolute Gasteiger partial charge is 0.266 e. The summed E-state index contributed by atoms with van der Waals surface area (Å²) in [4.78, 5) is 23.1. The number of hydrogen-bond acceptors (Lipinski definition) is 3. The molecule has 0 fully saturated rings. The van der Waals surface area contributed by atoms with E-state index in [2.05, 4.69) is 10.6 Å². The van der Waals surface area contributed by atoms with Gasteiger partial charge in [0.25, 0.3) is 5.91 Å². The molecule has 0 aliphatic rings. The quantitative estimate of drug-likeness (QED) is 0.641. The van der Waals surface area contributed by atoms with Gasteiger partial charge in [-0.05, 0) is 42.0 Å². The van der Waals surface area contributed by atoms with Crippen LogP contribution in [0.3, 0.4) is 0 Å². The number of halogens is 2. The summed E-state index contributed by atoms with van der Waals surface area (Å²) in [6.45, 7) is 1.40. The molecule has 0 unspecified atom stereocenters. The molecular weight excluding hydrogens is 345 g/mol.